The second-order valence-corrected chi connectivity index (χ2v) is 12.9. The van der Waals surface area contributed by atoms with Gasteiger partial charge < -0.3 is 28.6 Å². The highest BCUT2D eigenvalue weighted by Crippen LogP contribution is 2.39. The summed E-state index contributed by atoms with van der Waals surface area (Å²) in [5.74, 6) is -0.984. The first-order chi connectivity index (χ1) is 24.1. The maximum Gasteiger partial charge on any atom is 0.437 e. The maximum absolute atomic E-state index is 13.7. The number of hydrogen-bond donors (Lipinski definition) is 0. The number of aliphatic imine (C=N–C) groups is 1. The summed E-state index contributed by atoms with van der Waals surface area (Å²) in [6, 6.07) is 18.7. The van der Waals surface area contributed by atoms with Gasteiger partial charge in [0.1, 0.15) is 25.0 Å². The van der Waals surface area contributed by atoms with E-state index in [9.17, 15) is 19.2 Å². The van der Waals surface area contributed by atoms with Crippen LogP contribution in [0, 0.1) is 5.92 Å². The number of methoxy groups -OCH3 is 2. The Kier molecular flexibility index (Phi) is 12.0. The minimum absolute atomic E-state index is 0.00847. The molecule has 0 aliphatic carbocycles. The summed E-state index contributed by atoms with van der Waals surface area (Å²) in [4.78, 5) is 67.7. The van der Waals surface area contributed by atoms with Gasteiger partial charge in [-0.3, -0.25) is 9.59 Å². The first-order valence-electron chi connectivity index (χ1n) is 16.0. The van der Waals surface area contributed by atoms with Crippen LogP contribution in [-0.4, -0.2) is 93.4 Å². The number of ether oxygens (including phenoxy) is 5. The minimum Gasteiger partial charge on any atom is -0.481 e. The predicted molar refractivity (Wildman–Crippen MR) is 183 cm³/mol. The largest absolute Gasteiger partial charge is 0.481 e. The third kappa shape index (κ3) is 8.75. The number of carbonyl (C=O) groups excluding carboxylic acids is 4. The molecule has 1 aromatic heterocycles. The number of piperidine rings is 1. The van der Waals surface area contributed by atoms with Crippen LogP contribution in [-0.2, 0) is 32.2 Å². The van der Waals surface area contributed by atoms with Crippen molar-refractivity contribution in [1.82, 2.24) is 19.8 Å². The average Bonchev–Trinajstić information content (AvgIpc) is 3.51. The van der Waals surface area contributed by atoms with Crippen molar-refractivity contribution in [3.8, 4) is 11.9 Å². The first-order valence-corrected chi connectivity index (χ1v) is 16.9. The zero-order chi connectivity index (χ0) is 35.8. The highest BCUT2D eigenvalue weighted by atomic mass is 79.9. The molecule has 0 N–H and O–H groups in total. The molecule has 2 aromatic carbocycles. The molecule has 50 heavy (non-hydrogen) atoms. The van der Waals surface area contributed by atoms with Gasteiger partial charge in [-0.05, 0) is 17.5 Å². The molecular weight excluding hydrogens is 714 g/mol. The number of fused-ring (bicyclic) bond motifs is 1. The number of guanidine groups is 1. The molecule has 2 amide bonds. The lowest BCUT2D eigenvalue weighted by molar-refractivity contribution is -0.153. The van der Waals surface area contributed by atoms with Crippen LogP contribution in [0.1, 0.15) is 48.3 Å². The van der Waals surface area contributed by atoms with Gasteiger partial charge in [0.05, 0.1) is 31.6 Å². The lowest BCUT2D eigenvalue weighted by atomic mass is 9.83. The van der Waals surface area contributed by atoms with Crippen LogP contribution in [0.25, 0.3) is 0 Å². The van der Waals surface area contributed by atoms with Crippen molar-refractivity contribution in [3.63, 3.8) is 0 Å². The number of alkyl halides is 1. The number of nitrogens with zero attached hydrogens (tertiary/aromatic N) is 5. The van der Waals surface area contributed by atoms with E-state index in [0.29, 0.717) is 0 Å². The summed E-state index contributed by atoms with van der Waals surface area (Å²) in [7, 11) is 2.79. The van der Waals surface area contributed by atoms with E-state index in [1.54, 1.807) is 0 Å². The molecule has 2 aliphatic heterocycles. The Morgan fingerprint density at radius 2 is 1.58 bits per heavy atom. The molecule has 3 aromatic rings. The van der Waals surface area contributed by atoms with Gasteiger partial charge >= 0.3 is 24.2 Å². The van der Waals surface area contributed by atoms with Crippen LogP contribution in [0.3, 0.4) is 0 Å². The monoisotopic (exact) mass is 751 g/mol. The Balaban J connectivity index is 1.47. The van der Waals surface area contributed by atoms with Crippen molar-refractivity contribution in [3.05, 3.63) is 83.6 Å². The molecule has 0 radical (unpaired) electrons. The van der Waals surface area contributed by atoms with E-state index in [0.717, 1.165) is 11.1 Å². The van der Waals surface area contributed by atoms with Gasteiger partial charge in [-0.1, -0.05) is 83.5 Å². The highest BCUT2D eigenvalue weighted by Gasteiger charge is 2.52. The fourth-order valence-corrected chi connectivity index (χ4v) is 6.72. The van der Waals surface area contributed by atoms with Crippen LogP contribution in [0.15, 0.2) is 71.7 Å². The fourth-order valence-electron chi connectivity index (χ4n) is 6.06. The zero-order valence-electron chi connectivity index (χ0n) is 28.1. The first kappa shape index (κ1) is 36.2. The van der Waals surface area contributed by atoms with Gasteiger partial charge in [-0.2, -0.15) is 9.97 Å². The van der Waals surface area contributed by atoms with Gasteiger partial charge in [0, 0.05) is 31.4 Å². The van der Waals surface area contributed by atoms with Crippen LogP contribution < -0.4 is 9.47 Å². The molecule has 15 heteroatoms. The smallest absolute Gasteiger partial charge is 0.437 e. The van der Waals surface area contributed by atoms with Gasteiger partial charge in [0.2, 0.25) is 11.8 Å². The minimum atomic E-state index is -0.912. The number of hydrogen-bond acceptors (Lipinski definition) is 11. The van der Waals surface area contributed by atoms with Gasteiger partial charge in [0.25, 0.3) is 0 Å². The highest BCUT2D eigenvalue weighted by molar-refractivity contribution is 9.10. The molecule has 2 fully saturated rings. The summed E-state index contributed by atoms with van der Waals surface area (Å²) in [6.07, 6.45) is -1.77. The summed E-state index contributed by atoms with van der Waals surface area (Å²) in [5.41, 5.74) is 1.59. The number of carbonyl (C=O) groups is 4. The standard InChI is InChI=1S/C35H38BrN5O9/c1-21-28-18-40(35(45)49-20-24-13-9-6-10-14-24)33(39-34(44)48-19-23-11-7-5-8-12-23)41(28)25(16-29(21)50-22(2)42)15-26(36)31(43)27-17-30(46-3)38-32(37-27)47-4/h5-14,17,21,25-26,28-29H,15-16,18-20H2,1-4H3/b39-33+/t21-,25+,26?,28-,29+/m1/s1. The van der Waals surface area contributed by atoms with Crippen molar-refractivity contribution in [2.45, 2.75) is 62.9 Å². The zero-order valence-corrected chi connectivity index (χ0v) is 29.6. The molecule has 0 bridgehead atoms. The Bertz CT molecular complexity index is 1690. The molecule has 0 saturated carbocycles. The topological polar surface area (TPSA) is 159 Å². The summed E-state index contributed by atoms with van der Waals surface area (Å²) in [6.45, 7) is 3.28. The van der Waals surface area contributed by atoms with Crippen LogP contribution in [0.4, 0.5) is 9.59 Å². The Morgan fingerprint density at radius 3 is 2.18 bits per heavy atom. The van der Waals surface area contributed by atoms with Crippen molar-refractivity contribution in [2.75, 3.05) is 20.8 Å². The summed E-state index contributed by atoms with van der Waals surface area (Å²) >= 11 is 3.55. The quantitative estimate of drug-likeness (QED) is 0.109. The number of rotatable bonds is 11. The van der Waals surface area contributed by atoms with E-state index in [2.05, 4.69) is 30.9 Å². The van der Waals surface area contributed by atoms with Crippen molar-refractivity contribution in [2.24, 2.45) is 10.9 Å². The number of Topliss-reactive ketones (excluding diaryl/α,β-unsaturated/α-hetero) is 1. The molecule has 2 saturated heterocycles. The molecule has 264 valence electrons. The predicted octanol–water partition coefficient (Wildman–Crippen LogP) is 5.19. The molecule has 14 nitrogen and oxygen atoms in total. The van der Waals surface area contributed by atoms with Crippen LogP contribution in [0.2, 0.25) is 0 Å². The summed E-state index contributed by atoms with van der Waals surface area (Å²) < 4.78 is 27.3. The van der Waals surface area contributed by atoms with E-state index in [1.807, 2.05) is 72.5 Å². The van der Waals surface area contributed by atoms with E-state index in [4.69, 9.17) is 23.7 Å². The third-order valence-electron chi connectivity index (χ3n) is 8.52. The molecule has 3 heterocycles. The van der Waals surface area contributed by atoms with Gasteiger partial charge in [-0.15, -0.1) is 4.99 Å². The van der Waals surface area contributed by atoms with Crippen molar-refractivity contribution in [1.29, 1.82) is 0 Å². The third-order valence-corrected chi connectivity index (χ3v) is 9.31. The van der Waals surface area contributed by atoms with Crippen LogP contribution >= 0.6 is 15.9 Å². The number of esters is 1. The number of halogens is 1. The molecule has 5 atom stereocenters. The Labute approximate surface area is 297 Å². The number of ketones is 1. The lowest BCUT2D eigenvalue weighted by Crippen LogP contribution is -2.56. The second kappa shape index (κ2) is 16.6. The molecule has 1 unspecified atom stereocenters. The van der Waals surface area contributed by atoms with E-state index < -0.39 is 41.2 Å². The summed E-state index contributed by atoms with van der Waals surface area (Å²) in [5, 5.41) is 0. The Morgan fingerprint density at radius 1 is 0.940 bits per heavy atom. The van der Waals surface area contributed by atoms with Crippen LogP contribution in [0.5, 0.6) is 11.9 Å². The SMILES string of the molecule is COc1cc(C(=O)C(Br)C[C@H]2C[C@H](OC(C)=O)[C@H](C)[C@H]3CN(C(=O)OCc4ccccc4)/C(=N\C(=O)OCc4ccccc4)N23)nc(OC)n1. The number of aromatic nitrogens is 2. The van der Waals surface area contributed by atoms with Gasteiger partial charge in [-0.25, -0.2) is 14.5 Å². The maximum atomic E-state index is 13.7. The molecule has 5 rings (SSSR count). The van der Waals surface area contributed by atoms with Crippen molar-refractivity contribution >= 4 is 45.8 Å². The second-order valence-electron chi connectivity index (χ2n) is 11.8. The lowest BCUT2D eigenvalue weighted by Gasteiger charge is -2.45. The molecular formula is C35H38BrN5O9. The average molecular weight is 753 g/mol. The van der Waals surface area contributed by atoms with Gasteiger partial charge in [0.15, 0.2) is 5.78 Å². The Hall–Kier alpha value is -5.05. The number of amides is 2. The fraction of sp³-hybridized carbons (Fsp3) is 0.400. The molecule has 2 aliphatic rings. The molecule has 0 spiro atoms. The normalized spacial score (nSPS) is 21.2. The number of benzene rings is 2. The van der Waals surface area contributed by atoms with E-state index in [-0.39, 0.29) is 67.8 Å². The van der Waals surface area contributed by atoms with E-state index in [1.165, 1.54) is 32.1 Å². The van der Waals surface area contributed by atoms with Crippen molar-refractivity contribution < 1.29 is 42.9 Å². The van der Waals surface area contributed by atoms with E-state index >= 15 is 0 Å².